The third kappa shape index (κ3) is 3.44. The van der Waals surface area contributed by atoms with Crippen LogP contribution < -0.4 is 5.73 Å². The molecule has 2 heterocycles. The van der Waals surface area contributed by atoms with Crippen LogP contribution in [-0.4, -0.2) is 38.9 Å². The summed E-state index contributed by atoms with van der Waals surface area (Å²) < 4.78 is 0. The Morgan fingerprint density at radius 2 is 2.06 bits per heavy atom. The van der Waals surface area contributed by atoms with Gasteiger partial charge in [-0.25, -0.2) is 4.99 Å². The van der Waals surface area contributed by atoms with Crippen molar-refractivity contribution in [1.82, 2.24) is 19.9 Å². The van der Waals surface area contributed by atoms with Crippen LogP contribution in [0.1, 0.15) is 31.4 Å². The molecule has 1 aliphatic heterocycles. The molecule has 1 fully saturated rings. The Balaban J connectivity index is 1.91. The average molecular weight is 236 g/mol. The summed E-state index contributed by atoms with van der Waals surface area (Å²) in [5.74, 6) is 0.637. The lowest BCUT2D eigenvalue weighted by Crippen LogP contribution is -2.38. The molecule has 0 atom stereocenters. The van der Waals surface area contributed by atoms with Gasteiger partial charge in [-0.15, -0.1) is 0 Å². The minimum Gasteiger partial charge on any atom is -0.370 e. The van der Waals surface area contributed by atoms with Crippen molar-refractivity contribution in [3.63, 3.8) is 0 Å². The zero-order valence-electron chi connectivity index (χ0n) is 10.3. The van der Waals surface area contributed by atoms with Crippen LogP contribution in [0.5, 0.6) is 0 Å². The van der Waals surface area contributed by atoms with Gasteiger partial charge < -0.3 is 10.6 Å². The highest BCUT2D eigenvalue weighted by Crippen LogP contribution is 2.09. The van der Waals surface area contributed by atoms with Crippen LogP contribution in [0, 0.1) is 0 Å². The largest absolute Gasteiger partial charge is 0.370 e. The second kappa shape index (κ2) is 5.65. The van der Waals surface area contributed by atoms with Gasteiger partial charge >= 0.3 is 0 Å². The summed E-state index contributed by atoms with van der Waals surface area (Å²) in [6.07, 6.45) is 6.74. The van der Waals surface area contributed by atoms with Gasteiger partial charge in [-0.05, 0) is 12.8 Å². The van der Waals surface area contributed by atoms with Gasteiger partial charge in [0, 0.05) is 20.1 Å². The van der Waals surface area contributed by atoms with E-state index in [1.165, 1.54) is 30.5 Å². The molecule has 6 heteroatoms. The molecule has 1 saturated heterocycles. The quantitative estimate of drug-likeness (QED) is 0.599. The van der Waals surface area contributed by atoms with Gasteiger partial charge in [0.2, 0.25) is 0 Å². The molecular weight excluding hydrogens is 216 g/mol. The van der Waals surface area contributed by atoms with Crippen LogP contribution in [0.25, 0.3) is 0 Å². The topological polar surface area (TPSA) is 72.3 Å². The number of aromatic nitrogens is 3. The van der Waals surface area contributed by atoms with E-state index in [1.54, 1.807) is 13.2 Å². The fourth-order valence-electron chi connectivity index (χ4n) is 2.02. The average Bonchev–Trinajstić information content (AvgIpc) is 2.58. The van der Waals surface area contributed by atoms with Crippen molar-refractivity contribution in [1.29, 1.82) is 0 Å². The molecular formula is C11H20N6. The Bertz CT molecular complexity index is 375. The molecule has 0 aromatic carbocycles. The lowest BCUT2D eigenvalue weighted by atomic mass is 10.2. The highest BCUT2D eigenvalue weighted by molar-refractivity contribution is 5.78. The first kappa shape index (κ1) is 11.9. The standard InChI is InChI=1S/C11H20N6/c1-16-14-9-10(15-16)8-13-11(12)17-6-4-2-3-5-7-17/h9H,2-8H2,1H3,(H2,12,13). The smallest absolute Gasteiger partial charge is 0.191 e. The molecule has 0 spiro atoms. The Kier molecular flexibility index (Phi) is 3.95. The summed E-state index contributed by atoms with van der Waals surface area (Å²) in [6, 6.07) is 0. The lowest BCUT2D eigenvalue weighted by Gasteiger charge is -2.20. The van der Waals surface area contributed by atoms with E-state index in [0.29, 0.717) is 12.5 Å². The highest BCUT2D eigenvalue weighted by Gasteiger charge is 2.10. The minimum atomic E-state index is 0.510. The first-order valence-electron chi connectivity index (χ1n) is 6.16. The van der Waals surface area contributed by atoms with Crippen LogP contribution in [0.15, 0.2) is 11.2 Å². The SMILES string of the molecule is Cn1ncc(CN=C(N)N2CCCCCC2)n1. The van der Waals surface area contributed by atoms with E-state index in [1.807, 2.05) is 0 Å². The molecule has 6 nitrogen and oxygen atoms in total. The van der Waals surface area contributed by atoms with E-state index in [0.717, 1.165) is 18.8 Å². The van der Waals surface area contributed by atoms with Crippen molar-refractivity contribution >= 4 is 5.96 Å². The van der Waals surface area contributed by atoms with Crippen molar-refractivity contribution in [2.75, 3.05) is 13.1 Å². The van der Waals surface area contributed by atoms with E-state index >= 15 is 0 Å². The molecule has 94 valence electrons. The van der Waals surface area contributed by atoms with Crippen molar-refractivity contribution in [3.8, 4) is 0 Å². The van der Waals surface area contributed by atoms with E-state index in [4.69, 9.17) is 5.73 Å². The van der Waals surface area contributed by atoms with E-state index < -0.39 is 0 Å². The van der Waals surface area contributed by atoms with Crippen LogP contribution >= 0.6 is 0 Å². The van der Waals surface area contributed by atoms with Crippen molar-refractivity contribution < 1.29 is 0 Å². The molecule has 2 N–H and O–H groups in total. The summed E-state index contributed by atoms with van der Waals surface area (Å²) in [4.78, 5) is 8.08. The minimum absolute atomic E-state index is 0.510. The van der Waals surface area contributed by atoms with Gasteiger partial charge in [-0.1, -0.05) is 12.8 Å². The number of rotatable bonds is 2. The van der Waals surface area contributed by atoms with Gasteiger partial charge in [-0.2, -0.15) is 15.0 Å². The number of aliphatic imine (C=N–C) groups is 1. The fourth-order valence-corrected chi connectivity index (χ4v) is 2.02. The zero-order chi connectivity index (χ0) is 12.1. The maximum atomic E-state index is 5.99. The first-order chi connectivity index (χ1) is 8.25. The summed E-state index contributed by atoms with van der Waals surface area (Å²) >= 11 is 0. The monoisotopic (exact) mass is 236 g/mol. The highest BCUT2D eigenvalue weighted by atomic mass is 15.4. The van der Waals surface area contributed by atoms with E-state index in [-0.39, 0.29) is 0 Å². The Morgan fingerprint density at radius 1 is 1.35 bits per heavy atom. The van der Waals surface area contributed by atoms with Gasteiger partial charge in [0.1, 0.15) is 5.69 Å². The van der Waals surface area contributed by atoms with Crippen molar-refractivity contribution in [2.24, 2.45) is 17.8 Å². The predicted octanol–water partition coefficient (Wildman–Crippen LogP) is 0.506. The number of nitrogens with two attached hydrogens (primary N) is 1. The zero-order valence-corrected chi connectivity index (χ0v) is 10.3. The molecule has 0 amide bonds. The predicted molar refractivity (Wildman–Crippen MR) is 66.4 cm³/mol. The summed E-state index contributed by atoms with van der Waals surface area (Å²) in [6.45, 7) is 2.56. The lowest BCUT2D eigenvalue weighted by molar-refractivity contribution is 0.428. The number of hydrogen-bond acceptors (Lipinski definition) is 3. The van der Waals surface area contributed by atoms with Crippen LogP contribution in [0.2, 0.25) is 0 Å². The number of hydrogen-bond donors (Lipinski definition) is 1. The third-order valence-corrected chi connectivity index (χ3v) is 2.98. The Morgan fingerprint density at radius 3 is 2.65 bits per heavy atom. The maximum absolute atomic E-state index is 5.99. The molecule has 1 aromatic heterocycles. The maximum Gasteiger partial charge on any atom is 0.191 e. The molecule has 2 rings (SSSR count). The van der Waals surface area contributed by atoms with Crippen LogP contribution in [-0.2, 0) is 13.6 Å². The Labute approximate surface area is 102 Å². The molecule has 17 heavy (non-hydrogen) atoms. The van der Waals surface area contributed by atoms with Gasteiger partial charge in [0.25, 0.3) is 0 Å². The van der Waals surface area contributed by atoms with Gasteiger partial charge in [-0.3, -0.25) is 0 Å². The summed E-state index contributed by atoms with van der Waals surface area (Å²) in [7, 11) is 1.80. The van der Waals surface area contributed by atoms with Gasteiger partial charge in [0.05, 0.1) is 12.7 Å². The van der Waals surface area contributed by atoms with Crippen molar-refractivity contribution in [3.05, 3.63) is 11.9 Å². The molecule has 1 aliphatic rings. The molecule has 0 bridgehead atoms. The number of guanidine groups is 1. The molecule has 0 aliphatic carbocycles. The third-order valence-electron chi connectivity index (χ3n) is 2.98. The molecule has 0 saturated carbocycles. The van der Waals surface area contributed by atoms with E-state index in [9.17, 15) is 0 Å². The summed E-state index contributed by atoms with van der Waals surface area (Å²) in [5, 5.41) is 8.17. The second-order valence-electron chi connectivity index (χ2n) is 4.40. The molecule has 1 aromatic rings. The van der Waals surface area contributed by atoms with Crippen LogP contribution in [0.3, 0.4) is 0 Å². The van der Waals surface area contributed by atoms with Crippen LogP contribution in [0.4, 0.5) is 0 Å². The first-order valence-corrected chi connectivity index (χ1v) is 6.16. The fraction of sp³-hybridized carbons (Fsp3) is 0.727. The number of likely N-dealkylation sites (tertiary alicyclic amines) is 1. The van der Waals surface area contributed by atoms with Gasteiger partial charge in [0.15, 0.2) is 5.96 Å². The van der Waals surface area contributed by atoms with Crippen molar-refractivity contribution in [2.45, 2.75) is 32.2 Å². The molecule has 0 unspecified atom stereocenters. The summed E-state index contributed by atoms with van der Waals surface area (Å²) in [5.41, 5.74) is 6.85. The van der Waals surface area contributed by atoms with E-state index in [2.05, 4.69) is 20.1 Å². The molecule has 0 radical (unpaired) electrons. The number of aryl methyl sites for hydroxylation is 1. The Hall–Kier alpha value is -1.59. The second-order valence-corrected chi connectivity index (χ2v) is 4.40. The number of nitrogens with zero attached hydrogens (tertiary/aromatic N) is 5. The normalized spacial score (nSPS) is 18.2.